The molecule has 5 heteroatoms. The lowest BCUT2D eigenvalue weighted by molar-refractivity contribution is 0.216. The van der Waals surface area contributed by atoms with E-state index in [1.165, 1.54) is 0 Å². The van der Waals surface area contributed by atoms with Crippen LogP contribution in [0.25, 0.3) is 0 Å². The lowest BCUT2D eigenvalue weighted by Crippen LogP contribution is -2.32. The highest BCUT2D eigenvalue weighted by molar-refractivity contribution is 7.53. The molecule has 2 atom stereocenters. The van der Waals surface area contributed by atoms with Crippen LogP contribution in [0.4, 0.5) is 0 Å². The van der Waals surface area contributed by atoms with Gasteiger partial charge in [0.05, 0.1) is 19.4 Å². The molecule has 0 aliphatic rings. The van der Waals surface area contributed by atoms with Gasteiger partial charge >= 0.3 is 7.60 Å². The quantitative estimate of drug-likeness (QED) is 0.659. The molecule has 0 aromatic carbocycles. The van der Waals surface area contributed by atoms with E-state index in [1.54, 1.807) is 13.8 Å². The third-order valence-electron chi connectivity index (χ3n) is 2.46. The summed E-state index contributed by atoms with van der Waals surface area (Å²) in [6.45, 7) is 8.51. The van der Waals surface area contributed by atoms with E-state index in [1.807, 2.05) is 6.92 Å². The monoisotopic (exact) mass is 237 g/mol. The Hall–Kier alpha value is 0.110. The van der Waals surface area contributed by atoms with E-state index in [0.29, 0.717) is 25.3 Å². The minimum absolute atomic E-state index is 0.126. The topological polar surface area (TPSA) is 61.5 Å². The third-order valence-corrected chi connectivity index (χ3v) is 4.63. The second-order valence-electron chi connectivity index (χ2n) is 3.68. The van der Waals surface area contributed by atoms with E-state index in [0.717, 1.165) is 6.42 Å². The first kappa shape index (κ1) is 15.1. The van der Waals surface area contributed by atoms with Crippen molar-refractivity contribution >= 4 is 7.60 Å². The summed E-state index contributed by atoms with van der Waals surface area (Å²) < 4.78 is 22.5. The molecule has 0 aliphatic heterocycles. The van der Waals surface area contributed by atoms with E-state index in [2.05, 4.69) is 6.92 Å². The van der Waals surface area contributed by atoms with Gasteiger partial charge in [0.2, 0.25) is 0 Å². The number of hydrogen-bond donors (Lipinski definition) is 1. The Morgan fingerprint density at radius 2 is 1.67 bits per heavy atom. The molecule has 0 amide bonds. The van der Waals surface area contributed by atoms with E-state index < -0.39 is 7.60 Å². The van der Waals surface area contributed by atoms with Crippen molar-refractivity contribution in [3.05, 3.63) is 0 Å². The molecule has 0 aromatic heterocycles. The first-order valence-electron chi connectivity index (χ1n) is 5.62. The van der Waals surface area contributed by atoms with Gasteiger partial charge in [-0.25, -0.2) is 0 Å². The highest BCUT2D eigenvalue weighted by Gasteiger charge is 2.28. The molecule has 2 N–H and O–H groups in total. The van der Waals surface area contributed by atoms with Crippen molar-refractivity contribution in [1.82, 2.24) is 0 Å². The van der Waals surface area contributed by atoms with Gasteiger partial charge in [0.15, 0.2) is 0 Å². The molecule has 0 saturated carbocycles. The molecule has 1 unspecified atom stereocenters. The van der Waals surface area contributed by atoms with Crippen molar-refractivity contribution in [2.24, 2.45) is 11.7 Å². The summed E-state index contributed by atoms with van der Waals surface area (Å²) in [7, 11) is -2.97. The highest BCUT2D eigenvalue weighted by Crippen LogP contribution is 2.48. The second-order valence-corrected chi connectivity index (χ2v) is 5.78. The summed E-state index contributed by atoms with van der Waals surface area (Å²) >= 11 is 0. The van der Waals surface area contributed by atoms with Gasteiger partial charge in [-0.1, -0.05) is 20.3 Å². The summed E-state index contributed by atoms with van der Waals surface area (Å²) in [5, 5.41) is 0. The molecule has 92 valence electrons. The second kappa shape index (κ2) is 7.39. The van der Waals surface area contributed by atoms with Crippen LogP contribution in [0.2, 0.25) is 0 Å². The average molecular weight is 237 g/mol. The smallest absolute Gasteiger partial charge is 0.327 e. The molecule has 0 spiro atoms. The highest BCUT2D eigenvalue weighted by atomic mass is 31.2. The van der Waals surface area contributed by atoms with Gasteiger partial charge < -0.3 is 14.8 Å². The third kappa shape index (κ3) is 5.67. The Morgan fingerprint density at radius 3 is 2.00 bits per heavy atom. The molecule has 0 fully saturated rings. The number of rotatable bonds is 8. The molecule has 0 aliphatic carbocycles. The van der Waals surface area contributed by atoms with E-state index in [-0.39, 0.29) is 6.04 Å². The summed E-state index contributed by atoms with van der Waals surface area (Å²) in [5.74, 6) is 0.333. The fourth-order valence-corrected chi connectivity index (χ4v) is 3.23. The van der Waals surface area contributed by atoms with E-state index >= 15 is 0 Å². The minimum atomic E-state index is -2.97. The van der Waals surface area contributed by atoms with Crippen LogP contribution in [0, 0.1) is 5.92 Å². The van der Waals surface area contributed by atoms with Crippen LogP contribution in [-0.2, 0) is 13.6 Å². The Labute approximate surface area is 93.1 Å². The first-order valence-corrected chi connectivity index (χ1v) is 7.35. The Kier molecular flexibility index (Phi) is 7.45. The number of hydrogen-bond acceptors (Lipinski definition) is 4. The molecule has 0 rings (SSSR count). The van der Waals surface area contributed by atoms with Gasteiger partial charge in [-0.3, -0.25) is 4.57 Å². The normalized spacial score (nSPS) is 16.3. The molecule has 15 heavy (non-hydrogen) atoms. The van der Waals surface area contributed by atoms with Crippen molar-refractivity contribution in [2.45, 2.75) is 40.2 Å². The van der Waals surface area contributed by atoms with Crippen LogP contribution in [0.1, 0.15) is 34.1 Å². The van der Waals surface area contributed by atoms with Gasteiger partial charge in [-0.15, -0.1) is 0 Å². The predicted molar refractivity (Wildman–Crippen MR) is 63.2 cm³/mol. The maximum Gasteiger partial charge on any atom is 0.332 e. The van der Waals surface area contributed by atoms with Crippen molar-refractivity contribution in [3.8, 4) is 0 Å². The van der Waals surface area contributed by atoms with Gasteiger partial charge in [-0.05, 0) is 19.8 Å². The first-order chi connectivity index (χ1) is 6.99. The number of nitrogens with two attached hydrogens (primary N) is 1. The molecule has 0 saturated heterocycles. The van der Waals surface area contributed by atoms with Crippen molar-refractivity contribution in [3.63, 3.8) is 0 Å². The lowest BCUT2D eigenvalue weighted by Gasteiger charge is -2.23. The van der Waals surface area contributed by atoms with Gasteiger partial charge in [0.25, 0.3) is 0 Å². The van der Waals surface area contributed by atoms with Crippen LogP contribution in [-0.4, -0.2) is 25.4 Å². The molecule has 0 radical (unpaired) electrons. The molecule has 0 bridgehead atoms. The maximum absolute atomic E-state index is 12.1. The Morgan fingerprint density at radius 1 is 1.20 bits per heavy atom. The van der Waals surface area contributed by atoms with Gasteiger partial charge in [0, 0.05) is 6.04 Å². The van der Waals surface area contributed by atoms with Crippen LogP contribution in [0.5, 0.6) is 0 Å². The molecular formula is C10H24NO3P. The van der Waals surface area contributed by atoms with E-state index in [4.69, 9.17) is 14.8 Å². The van der Waals surface area contributed by atoms with E-state index in [9.17, 15) is 4.57 Å². The fraction of sp³-hybridized carbons (Fsp3) is 1.00. The zero-order valence-electron chi connectivity index (χ0n) is 10.2. The SMILES string of the molecule is CCOP(=O)(C[C@@H](N)C(C)CC)OCC. The van der Waals surface area contributed by atoms with Gasteiger partial charge in [-0.2, -0.15) is 0 Å². The Bertz CT molecular complexity index is 201. The fourth-order valence-electron chi connectivity index (χ4n) is 1.28. The van der Waals surface area contributed by atoms with Crippen LogP contribution >= 0.6 is 7.60 Å². The summed E-state index contributed by atoms with van der Waals surface area (Å²) in [6, 6.07) is -0.126. The zero-order chi connectivity index (χ0) is 11.9. The molecule has 0 aromatic rings. The molecular weight excluding hydrogens is 213 g/mol. The van der Waals surface area contributed by atoms with Crippen molar-refractivity contribution in [1.29, 1.82) is 0 Å². The minimum Gasteiger partial charge on any atom is -0.327 e. The standard InChI is InChI=1S/C10H24NO3P/c1-5-9(4)10(11)8-15(12,13-6-2)14-7-3/h9-10H,5-8,11H2,1-4H3/t9?,10-/m1/s1. The largest absolute Gasteiger partial charge is 0.332 e. The van der Waals surface area contributed by atoms with Crippen LogP contribution < -0.4 is 5.73 Å². The molecule has 0 heterocycles. The van der Waals surface area contributed by atoms with Crippen molar-refractivity contribution < 1.29 is 13.6 Å². The average Bonchev–Trinajstić information content (AvgIpc) is 2.16. The van der Waals surface area contributed by atoms with Crippen molar-refractivity contribution in [2.75, 3.05) is 19.4 Å². The Balaban J connectivity index is 4.33. The molecule has 4 nitrogen and oxygen atoms in total. The van der Waals surface area contributed by atoms with Crippen LogP contribution in [0.3, 0.4) is 0 Å². The summed E-state index contributed by atoms with van der Waals surface area (Å²) in [6.07, 6.45) is 1.28. The summed E-state index contributed by atoms with van der Waals surface area (Å²) in [5.41, 5.74) is 5.94. The zero-order valence-corrected chi connectivity index (χ0v) is 11.1. The maximum atomic E-state index is 12.1. The summed E-state index contributed by atoms with van der Waals surface area (Å²) in [4.78, 5) is 0. The van der Waals surface area contributed by atoms with Gasteiger partial charge in [0.1, 0.15) is 0 Å². The predicted octanol–water partition coefficient (Wildman–Crippen LogP) is 2.63. The van der Waals surface area contributed by atoms with Crippen LogP contribution in [0.15, 0.2) is 0 Å². The lowest BCUT2D eigenvalue weighted by atomic mass is 10.0.